The zero-order valence-electron chi connectivity index (χ0n) is 20.8. The van der Waals surface area contributed by atoms with Gasteiger partial charge in [-0.3, -0.25) is 0 Å². The Bertz CT molecular complexity index is 1100. The fraction of sp³-hybridized carbons (Fsp3) is 0.462. The number of esters is 2. The highest BCUT2D eigenvalue weighted by Crippen LogP contribution is 2.46. The minimum atomic E-state index is -6.56. The molecule has 2 aromatic rings. The van der Waals surface area contributed by atoms with Crippen LogP contribution in [0, 0.1) is 0 Å². The van der Waals surface area contributed by atoms with Gasteiger partial charge in [0, 0.05) is 6.07 Å². The van der Waals surface area contributed by atoms with Crippen molar-refractivity contribution in [1.82, 2.24) is 0 Å². The van der Waals surface area contributed by atoms with Crippen LogP contribution in [0.2, 0.25) is 5.02 Å². The molecule has 0 bridgehead atoms. The van der Waals surface area contributed by atoms with Crippen molar-refractivity contribution in [1.29, 1.82) is 0 Å². The highest BCUT2D eigenvalue weighted by Gasteiger charge is 2.73. The van der Waals surface area contributed by atoms with Crippen LogP contribution in [-0.2, 0) is 4.74 Å². The summed E-state index contributed by atoms with van der Waals surface area (Å²) in [6, 6.07) is 8.92. The number of carbonyl (C=O) groups is 2. The largest absolute Gasteiger partial charge is 0.494 e. The van der Waals surface area contributed by atoms with E-state index in [0.29, 0.717) is 12.4 Å². The maximum atomic E-state index is 13.4. The van der Waals surface area contributed by atoms with Crippen molar-refractivity contribution < 1.29 is 54.5 Å². The van der Waals surface area contributed by atoms with Crippen LogP contribution in [-0.4, -0.2) is 43.2 Å². The first-order valence-electron chi connectivity index (χ1n) is 11.9. The summed E-state index contributed by atoms with van der Waals surface area (Å²) in [7, 11) is 0. The minimum Gasteiger partial charge on any atom is -0.494 e. The Morgan fingerprint density at radius 2 is 1.38 bits per heavy atom. The molecule has 0 spiro atoms. The molecule has 0 unspecified atom stereocenters. The monoisotopic (exact) mass is 586 g/mol. The molecule has 0 aliphatic heterocycles. The second kappa shape index (κ2) is 13.9. The van der Waals surface area contributed by atoms with Crippen LogP contribution in [0.1, 0.15) is 66.2 Å². The van der Waals surface area contributed by atoms with Gasteiger partial charge in [0.1, 0.15) is 11.5 Å². The molecule has 0 atom stereocenters. The molecule has 13 heteroatoms. The quantitative estimate of drug-likeness (QED) is 0.0964. The van der Waals surface area contributed by atoms with Gasteiger partial charge in [-0.05, 0) is 42.8 Å². The summed E-state index contributed by atoms with van der Waals surface area (Å²) < 4.78 is 104. The number of halogens is 8. The predicted octanol–water partition coefficient (Wildman–Crippen LogP) is 8.29. The lowest BCUT2D eigenvalue weighted by Crippen LogP contribution is -2.54. The molecule has 0 saturated carbocycles. The fourth-order valence-corrected chi connectivity index (χ4v) is 3.43. The van der Waals surface area contributed by atoms with Gasteiger partial charge in [-0.15, -0.1) is 0 Å². The Morgan fingerprint density at radius 3 is 1.97 bits per heavy atom. The Kier molecular flexibility index (Phi) is 11.4. The number of benzene rings is 2. The summed E-state index contributed by atoms with van der Waals surface area (Å²) in [5.41, 5.74) is -0.483. The molecule has 0 aliphatic carbocycles. The summed E-state index contributed by atoms with van der Waals surface area (Å²) in [4.78, 5) is 24.3. The highest BCUT2D eigenvalue weighted by atomic mass is 35.5. The first-order chi connectivity index (χ1) is 18.2. The van der Waals surface area contributed by atoms with Gasteiger partial charge >= 0.3 is 30.0 Å². The lowest BCUT2D eigenvalue weighted by Gasteiger charge is -2.27. The molecular weight excluding hydrogens is 561 g/mol. The van der Waals surface area contributed by atoms with Crippen LogP contribution in [0.15, 0.2) is 42.5 Å². The lowest BCUT2D eigenvalue weighted by molar-refractivity contribution is -0.359. The first-order valence-corrected chi connectivity index (χ1v) is 12.3. The molecular formula is C26H26ClF7O5. The van der Waals surface area contributed by atoms with Crippen LogP contribution in [0.4, 0.5) is 30.7 Å². The maximum absolute atomic E-state index is 13.4. The Morgan fingerprint density at radius 1 is 0.795 bits per heavy atom. The third-order valence-electron chi connectivity index (χ3n) is 5.43. The zero-order valence-corrected chi connectivity index (χ0v) is 21.5. The van der Waals surface area contributed by atoms with Crippen molar-refractivity contribution in [3.8, 4) is 11.5 Å². The van der Waals surface area contributed by atoms with Crippen LogP contribution in [0.5, 0.6) is 11.5 Å². The summed E-state index contributed by atoms with van der Waals surface area (Å²) >= 11 is 5.86. The van der Waals surface area contributed by atoms with E-state index in [-0.39, 0.29) is 11.3 Å². The van der Waals surface area contributed by atoms with Crippen molar-refractivity contribution in [2.24, 2.45) is 0 Å². The van der Waals surface area contributed by atoms with E-state index < -0.39 is 47.2 Å². The fourth-order valence-electron chi connectivity index (χ4n) is 3.18. The van der Waals surface area contributed by atoms with E-state index in [9.17, 15) is 40.3 Å². The third kappa shape index (κ3) is 9.01. The van der Waals surface area contributed by atoms with Crippen molar-refractivity contribution in [3.05, 3.63) is 58.6 Å². The topological polar surface area (TPSA) is 61.8 Å². The van der Waals surface area contributed by atoms with Crippen LogP contribution >= 0.6 is 11.6 Å². The standard InChI is InChI=1S/C26H26ClF7O5/c1-2-3-4-5-6-7-14-37-18-10-8-17(9-11-18)22(35)39-19-12-13-20(21(27)15-19)23(36)38-16-24(28,29)25(30,31)26(32,33)34/h8-13,15H,2-7,14,16H2,1H3. The van der Waals surface area contributed by atoms with Gasteiger partial charge in [-0.1, -0.05) is 50.6 Å². The number of hydrogen-bond acceptors (Lipinski definition) is 5. The Hall–Kier alpha value is -3.02. The van der Waals surface area contributed by atoms with E-state index >= 15 is 0 Å². The van der Waals surface area contributed by atoms with Crippen molar-refractivity contribution >= 4 is 23.5 Å². The molecule has 0 radical (unpaired) electrons. The number of rotatable bonds is 14. The van der Waals surface area contributed by atoms with Gasteiger partial charge in [-0.25, -0.2) is 9.59 Å². The van der Waals surface area contributed by atoms with Gasteiger partial charge in [0.15, 0.2) is 6.61 Å². The van der Waals surface area contributed by atoms with E-state index in [1.54, 1.807) is 12.1 Å². The highest BCUT2D eigenvalue weighted by molar-refractivity contribution is 6.33. The lowest BCUT2D eigenvalue weighted by atomic mass is 10.1. The van der Waals surface area contributed by atoms with Gasteiger partial charge in [0.25, 0.3) is 0 Å². The predicted molar refractivity (Wildman–Crippen MR) is 128 cm³/mol. The van der Waals surface area contributed by atoms with E-state index in [0.717, 1.165) is 37.5 Å². The second-order valence-electron chi connectivity index (χ2n) is 8.52. The molecule has 0 aliphatic rings. The van der Waals surface area contributed by atoms with E-state index in [1.165, 1.54) is 31.4 Å². The summed E-state index contributed by atoms with van der Waals surface area (Å²) in [6.07, 6.45) is 0.116. The van der Waals surface area contributed by atoms with Gasteiger partial charge < -0.3 is 14.2 Å². The molecule has 2 rings (SSSR count). The molecule has 39 heavy (non-hydrogen) atoms. The molecule has 0 N–H and O–H groups in total. The number of unbranched alkanes of at least 4 members (excludes halogenated alkanes) is 5. The van der Waals surface area contributed by atoms with Crippen molar-refractivity contribution in [3.63, 3.8) is 0 Å². The second-order valence-corrected chi connectivity index (χ2v) is 8.93. The van der Waals surface area contributed by atoms with Gasteiger partial charge in [0.2, 0.25) is 0 Å². The summed E-state index contributed by atoms with van der Waals surface area (Å²) in [5.74, 6) is -14.3. The van der Waals surface area contributed by atoms with Crippen LogP contribution < -0.4 is 9.47 Å². The smallest absolute Gasteiger partial charge is 0.460 e. The van der Waals surface area contributed by atoms with Gasteiger partial charge in [0.05, 0.1) is 22.8 Å². The van der Waals surface area contributed by atoms with E-state index in [4.69, 9.17) is 21.1 Å². The minimum absolute atomic E-state index is 0.148. The molecule has 5 nitrogen and oxygen atoms in total. The summed E-state index contributed by atoms with van der Waals surface area (Å²) in [6.45, 7) is 0.127. The molecule has 216 valence electrons. The van der Waals surface area contributed by atoms with Crippen molar-refractivity contribution in [2.75, 3.05) is 13.2 Å². The van der Waals surface area contributed by atoms with Crippen molar-refractivity contribution in [2.45, 2.75) is 63.5 Å². The molecule has 0 amide bonds. The van der Waals surface area contributed by atoms with Crippen LogP contribution in [0.3, 0.4) is 0 Å². The van der Waals surface area contributed by atoms with Crippen LogP contribution in [0.25, 0.3) is 0 Å². The molecule has 0 aromatic heterocycles. The van der Waals surface area contributed by atoms with Gasteiger partial charge in [-0.2, -0.15) is 30.7 Å². The van der Waals surface area contributed by atoms with E-state index in [1.807, 2.05) is 0 Å². The number of hydrogen-bond donors (Lipinski definition) is 0. The average molecular weight is 587 g/mol. The molecule has 0 heterocycles. The molecule has 2 aromatic carbocycles. The first kappa shape index (κ1) is 32.2. The Balaban J connectivity index is 1.90. The Labute approximate surface area is 225 Å². The molecule has 0 saturated heterocycles. The third-order valence-corrected chi connectivity index (χ3v) is 5.74. The SMILES string of the molecule is CCCCCCCCOc1ccc(C(=O)Oc2ccc(C(=O)OCC(F)(F)C(F)(F)C(F)(F)F)c(Cl)c2)cc1. The maximum Gasteiger partial charge on any atom is 0.460 e. The number of alkyl halides is 7. The average Bonchev–Trinajstić information content (AvgIpc) is 2.86. The summed E-state index contributed by atoms with van der Waals surface area (Å²) in [5, 5.41) is -0.491. The zero-order chi connectivity index (χ0) is 29.3. The molecule has 0 fully saturated rings. The normalized spacial score (nSPS) is 12.2. The number of carbonyl (C=O) groups excluding carboxylic acids is 2. The number of ether oxygens (including phenoxy) is 3. The van der Waals surface area contributed by atoms with E-state index in [2.05, 4.69) is 11.7 Å².